The second-order valence-electron chi connectivity index (χ2n) is 6.60. The average Bonchev–Trinajstić information content (AvgIpc) is 3.16. The first kappa shape index (κ1) is 23.4. The van der Waals surface area contributed by atoms with E-state index < -0.39 is 22.0 Å². The molecule has 0 bridgehead atoms. The molecule has 1 atom stereocenters. The van der Waals surface area contributed by atoms with Crippen LogP contribution in [0.5, 0.6) is 5.75 Å². The molecular formula is C19H18Cl2N4O4S2. The Bertz CT molecular complexity index is 1180. The number of benzene rings is 2. The summed E-state index contributed by atoms with van der Waals surface area (Å²) in [4.78, 5) is 12.3. The van der Waals surface area contributed by atoms with Crippen molar-refractivity contribution in [3.8, 4) is 5.75 Å². The van der Waals surface area contributed by atoms with Crippen LogP contribution in [-0.2, 0) is 10.0 Å². The standard InChI is InChI=1S/C19H18Cl2N4O4S2/c1-11-3-6-14(7-4-11)29-10-12(2)25-31(27,28)19-24-23-18(30-19)22-17(26)15-8-5-13(20)9-16(15)21/h3-9,12,25H,10H2,1-2H3,(H,22,23,26)/t12-/m1/s1. The van der Waals surface area contributed by atoms with Crippen molar-refractivity contribution in [1.82, 2.24) is 14.9 Å². The summed E-state index contributed by atoms with van der Waals surface area (Å²) in [5.41, 5.74) is 1.27. The molecule has 0 unspecified atom stereocenters. The molecule has 31 heavy (non-hydrogen) atoms. The largest absolute Gasteiger partial charge is 0.492 e. The second-order valence-corrected chi connectivity index (χ2v) is 10.3. The van der Waals surface area contributed by atoms with E-state index in [1.165, 1.54) is 18.2 Å². The molecule has 2 N–H and O–H groups in total. The molecule has 0 fully saturated rings. The van der Waals surface area contributed by atoms with Gasteiger partial charge in [0.25, 0.3) is 15.9 Å². The Labute approximate surface area is 193 Å². The Balaban J connectivity index is 1.60. The fourth-order valence-electron chi connectivity index (χ4n) is 2.41. The number of amides is 1. The molecule has 0 aliphatic carbocycles. The molecule has 1 heterocycles. The van der Waals surface area contributed by atoms with Crippen LogP contribution in [0, 0.1) is 6.92 Å². The number of ether oxygens (including phenoxy) is 1. The first-order valence-electron chi connectivity index (χ1n) is 8.96. The van der Waals surface area contributed by atoms with E-state index >= 15 is 0 Å². The van der Waals surface area contributed by atoms with Gasteiger partial charge in [-0.05, 0) is 44.2 Å². The van der Waals surface area contributed by atoms with Crippen molar-refractivity contribution in [2.45, 2.75) is 24.2 Å². The lowest BCUT2D eigenvalue weighted by Crippen LogP contribution is -2.36. The lowest BCUT2D eigenvalue weighted by molar-refractivity contribution is 0.102. The zero-order chi connectivity index (χ0) is 22.6. The van der Waals surface area contributed by atoms with Crippen LogP contribution in [0.25, 0.3) is 0 Å². The van der Waals surface area contributed by atoms with Gasteiger partial charge in [-0.1, -0.05) is 52.2 Å². The van der Waals surface area contributed by atoms with Crippen LogP contribution >= 0.6 is 34.5 Å². The van der Waals surface area contributed by atoms with Crippen molar-refractivity contribution >= 4 is 55.6 Å². The first-order valence-corrected chi connectivity index (χ1v) is 12.0. The maximum absolute atomic E-state index is 12.6. The van der Waals surface area contributed by atoms with Gasteiger partial charge < -0.3 is 4.74 Å². The number of anilines is 1. The third-order valence-electron chi connectivity index (χ3n) is 3.91. The van der Waals surface area contributed by atoms with Crippen LogP contribution in [0.4, 0.5) is 5.13 Å². The minimum atomic E-state index is -3.94. The van der Waals surface area contributed by atoms with E-state index in [1.807, 2.05) is 31.2 Å². The van der Waals surface area contributed by atoms with Gasteiger partial charge in [0.1, 0.15) is 12.4 Å². The highest BCUT2D eigenvalue weighted by molar-refractivity contribution is 7.91. The van der Waals surface area contributed by atoms with Crippen LogP contribution in [0.15, 0.2) is 46.8 Å². The van der Waals surface area contributed by atoms with Crippen LogP contribution in [0.3, 0.4) is 0 Å². The number of aryl methyl sites for hydroxylation is 1. The molecule has 2 aromatic carbocycles. The lowest BCUT2D eigenvalue weighted by Gasteiger charge is -2.14. The Morgan fingerprint density at radius 1 is 1.16 bits per heavy atom. The van der Waals surface area contributed by atoms with E-state index in [2.05, 4.69) is 20.2 Å². The Kier molecular flexibility index (Phi) is 7.50. The van der Waals surface area contributed by atoms with E-state index in [-0.39, 0.29) is 26.7 Å². The molecule has 3 rings (SSSR count). The van der Waals surface area contributed by atoms with Gasteiger partial charge >= 0.3 is 0 Å². The van der Waals surface area contributed by atoms with Crippen molar-refractivity contribution in [1.29, 1.82) is 0 Å². The van der Waals surface area contributed by atoms with E-state index in [1.54, 1.807) is 6.92 Å². The number of rotatable bonds is 8. The number of hydrogen-bond donors (Lipinski definition) is 2. The summed E-state index contributed by atoms with van der Waals surface area (Å²) in [6.07, 6.45) is 0. The van der Waals surface area contributed by atoms with Gasteiger partial charge in [0.2, 0.25) is 9.47 Å². The summed E-state index contributed by atoms with van der Waals surface area (Å²) in [7, 11) is -3.94. The van der Waals surface area contributed by atoms with Gasteiger partial charge in [-0.15, -0.1) is 10.2 Å². The molecule has 0 aliphatic rings. The third kappa shape index (κ3) is 6.37. The highest BCUT2D eigenvalue weighted by Crippen LogP contribution is 2.24. The van der Waals surface area contributed by atoms with Gasteiger partial charge in [0.15, 0.2) is 0 Å². The molecule has 0 saturated heterocycles. The molecule has 12 heteroatoms. The van der Waals surface area contributed by atoms with Crippen LogP contribution in [0.1, 0.15) is 22.8 Å². The maximum Gasteiger partial charge on any atom is 0.270 e. The number of aromatic nitrogens is 2. The summed E-state index contributed by atoms with van der Waals surface area (Å²) in [5, 5.41) is 10.4. The topological polar surface area (TPSA) is 110 Å². The Morgan fingerprint density at radius 2 is 1.87 bits per heavy atom. The molecule has 3 aromatic rings. The fourth-order valence-corrected chi connectivity index (χ4v) is 5.05. The zero-order valence-corrected chi connectivity index (χ0v) is 19.6. The summed E-state index contributed by atoms with van der Waals surface area (Å²) < 4.78 is 32.9. The van der Waals surface area contributed by atoms with Gasteiger partial charge in [-0.2, -0.15) is 0 Å². The SMILES string of the molecule is Cc1ccc(OC[C@@H](C)NS(=O)(=O)c2nnc(NC(=O)c3ccc(Cl)cc3Cl)s2)cc1. The minimum Gasteiger partial charge on any atom is -0.492 e. The van der Waals surface area contributed by atoms with Crippen molar-refractivity contribution in [2.75, 3.05) is 11.9 Å². The van der Waals surface area contributed by atoms with Gasteiger partial charge in [0, 0.05) is 5.02 Å². The first-order chi connectivity index (χ1) is 14.6. The second kappa shape index (κ2) is 9.92. The number of hydrogen-bond acceptors (Lipinski definition) is 7. The smallest absolute Gasteiger partial charge is 0.270 e. The number of sulfonamides is 1. The number of nitrogens with zero attached hydrogens (tertiary/aromatic N) is 2. The summed E-state index contributed by atoms with van der Waals surface area (Å²) in [6, 6.07) is 11.3. The van der Waals surface area contributed by atoms with Crippen molar-refractivity contribution < 1.29 is 17.9 Å². The molecule has 1 aromatic heterocycles. The molecular weight excluding hydrogens is 483 g/mol. The molecule has 164 valence electrons. The maximum atomic E-state index is 12.6. The lowest BCUT2D eigenvalue weighted by atomic mass is 10.2. The molecule has 1 amide bonds. The number of nitrogens with one attached hydrogen (secondary N) is 2. The van der Waals surface area contributed by atoms with E-state index in [0.717, 1.165) is 5.56 Å². The minimum absolute atomic E-state index is 0.0138. The van der Waals surface area contributed by atoms with Crippen molar-refractivity contribution in [3.05, 3.63) is 63.6 Å². The number of carbonyl (C=O) groups is 1. The predicted molar refractivity (Wildman–Crippen MR) is 121 cm³/mol. The van der Waals surface area contributed by atoms with Crippen molar-refractivity contribution in [2.24, 2.45) is 0 Å². The van der Waals surface area contributed by atoms with Crippen molar-refractivity contribution in [3.63, 3.8) is 0 Å². The van der Waals surface area contributed by atoms with Crippen LogP contribution in [0.2, 0.25) is 10.0 Å². The van der Waals surface area contributed by atoms with Gasteiger partial charge in [-0.25, -0.2) is 13.1 Å². The monoisotopic (exact) mass is 500 g/mol. The summed E-state index contributed by atoms with van der Waals surface area (Å²) in [5.74, 6) is 0.0769. The highest BCUT2D eigenvalue weighted by atomic mass is 35.5. The molecule has 8 nitrogen and oxygen atoms in total. The normalized spacial score (nSPS) is 12.4. The van der Waals surface area contributed by atoms with E-state index in [4.69, 9.17) is 27.9 Å². The van der Waals surface area contributed by atoms with Gasteiger partial charge in [0.05, 0.1) is 16.6 Å². The highest BCUT2D eigenvalue weighted by Gasteiger charge is 2.24. The van der Waals surface area contributed by atoms with Crippen LogP contribution < -0.4 is 14.8 Å². The molecule has 0 spiro atoms. The fraction of sp³-hybridized carbons (Fsp3) is 0.211. The number of halogens is 2. The summed E-state index contributed by atoms with van der Waals surface area (Å²) >= 11 is 12.5. The van der Waals surface area contributed by atoms with Gasteiger partial charge in [-0.3, -0.25) is 10.1 Å². The third-order valence-corrected chi connectivity index (χ3v) is 7.25. The van der Waals surface area contributed by atoms with Crippen LogP contribution in [-0.4, -0.2) is 37.2 Å². The van der Waals surface area contributed by atoms with E-state index in [0.29, 0.717) is 22.1 Å². The number of carbonyl (C=O) groups excluding carboxylic acids is 1. The Hall–Kier alpha value is -2.24. The average molecular weight is 501 g/mol. The quantitative estimate of drug-likeness (QED) is 0.449. The predicted octanol–water partition coefficient (Wildman–Crippen LogP) is 4.15. The summed E-state index contributed by atoms with van der Waals surface area (Å²) in [6.45, 7) is 3.75. The molecule has 0 aliphatic heterocycles. The van der Waals surface area contributed by atoms with E-state index in [9.17, 15) is 13.2 Å². The molecule has 0 saturated carbocycles. The zero-order valence-electron chi connectivity index (χ0n) is 16.4. The molecule has 0 radical (unpaired) electrons. The Morgan fingerprint density at radius 3 is 2.55 bits per heavy atom.